The molecule has 1 aliphatic rings. The topological polar surface area (TPSA) is 56.8 Å². The van der Waals surface area contributed by atoms with Gasteiger partial charge in [0.25, 0.3) is 0 Å². The summed E-state index contributed by atoms with van der Waals surface area (Å²) >= 11 is 0. The first-order valence-electron chi connectivity index (χ1n) is 5.85. The fraction of sp³-hybridized carbons (Fsp3) is 0.727. The van der Waals surface area contributed by atoms with Crippen molar-refractivity contribution in [1.82, 2.24) is 0 Å². The van der Waals surface area contributed by atoms with Crippen LogP contribution in [0.1, 0.15) is 13.3 Å². The van der Waals surface area contributed by atoms with Crippen LogP contribution in [0.2, 0.25) is 0 Å². The molecule has 0 aromatic carbocycles. The molecule has 0 saturated heterocycles. The molecule has 0 fully saturated rings. The molecule has 0 saturated carbocycles. The van der Waals surface area contributed by atoms with Gasteiger partial charge in [0.15, 0.2) is 0 Å². The number of nitrogens with zero attached hydrogens (tertiary/aromatic N) is 1. The Labute approximate surface area is 116 Å². The summed E-state index contributed by atoms with van der Waals surface area (Å²) < 4.78 is 82.0. The third kappa shape index (κ3) is 6.44. The predicted molar refractivity (Wildman–Crippen MR) is 61.6 cm³/mol. The summed E-state index contributed by atoms with van der Waals surface area (Å²) in [6.07, 6.45) is -7.68. The molecule has 2 N–H and O–H groups in total. The highest BCUT2D eigenvalue weighted by atomic mass is 19.4. The van der Waals surface area contributed by atoms with Crippen molar-refractivity contribution < 1.29 is 35.8 Å². The lowest BCUT2D eigenvalue weighted by molar-refractivity contribution is -0.280. The van der Waals surface area contributed by atoms with E-state index >= 15 is 0 Å². The van der Waals surface area contributed by atoms with E-state index in [2.05, 4.69) is 14.5 Å². The van der Waals surface area contributed by atoms with E-state index in [9.17, 15) is 26.3 Å². The van der Waals surface area contributed by atoms with Crippen molar-refractivity contribution in [2.45, 2.75) is 37.5 Å². The molecule has 1 rings (SSSR count). The molecule has 1 heterocycles. The third-order valence-corrected chi connectivity index (χ3v) is 2.43. The molecule has 0 amide bonds. The van der Waals surface area contributed by atoms with Crippen molar-refractivity contribution >= 4 is 6.21 Å². The summed E-state index contributed by atoms with van der Waals surface area (Å²) in [7, 11) is 0. The van der Waals surface area contributed by atoms with Gasteiger partial charge in [-0.3, -0.25) is 4.99 Å². The highest BCUT2D eigenvalue weighted by Gasteiger charge is 2.41. The largest absolute Gasteiger partial charge is 0.411 e. The fourth-order valence-electron chi connectivity index (χ4n) is 1.47. The standard InChI is InChI=1S/C11H14F6N2O2/c1-7(18)8-2-3-9(4-19-8,20-5-10(12,13)14)21-6-11(15,16)17/h2,4,7H,3,5-6,18H2,1H3/t7-/m1/s1. The molecule has 0 spiro atoms. The number of hydrogen-bond donors (Lipinski definition) is 1. The van der Waals surface area contributed by atoms with Crippen molar-refractivity contribution in [3.63, 3.8) is 0 Å². The van der Waals surface area contributed by atoms with Gasteiger partial charge in [-0.25, -0.2) is 0 Å². The normalized spacial score (nSPS) is 20.3. The van der Waals surface area contributed by atoms with Crippen molar-refractivity contribution in [2.24, 2.45) is 10.7 Å². The number of nitrogens with two attached hydrogens (primary N) is 1. The fourth-order valence-corrected chi connectivity index (χ4v) is 1.47. The smallest absolute Gasteiger partial charge is 0.335 e. The summed E-state index contributed by atoms with van der Waals surface area (Å²) in [5, 5.41) is 0. The van der Waals surface area contributed by atoms with E-state index < -0.39 is 37.4 Å². The van der Waals surface area contributed by atoms with Crippen LogP contribution in [0.3, 0.4) is 0 Å². The highest BCUT2D eigenvalue weighted by Crippen LogP contribution is 2.29. The summed E-state index contributed by atoms with van der Waals surface area (Å²) in [5.41, 5.74) is 5.85. The van der Waals surface area contributed by atoms with Gasteiger partial charge < -0.3 is 15.2 Å². The molecular weight excluding hydrogens is 306 g/mol. The lowest BCUT2D eigenvalue weighted by Gasteiger charge is -2.32. The second kappa shape index (κ2) is 6.32. The number of halogens is 6. The van der Waals surface area contributed by atoms with Crippen LogP contribution in [-0.4, -0.2) is 43.6 Å². The summed E-state index contributed by atoms with van der Waals surface area (Å²) in [6, 6.07) is -0.510. The monoisotopic (exact) mass is 320 g/mol. The third-order valence-electron chi connectivity index (χ3n) is 2.43. The van der Waals surface area contributed by atoms with Gasteiger partial charge >= 0.3 is 12.4 Å². The van der Waals surface area contributed by atoms with Crippen molar-refractivity contribution in [2.75, 3.05) is 13.2 Å². The molecule has 0 radical (unpaired) electrons. The Hall–Kier alpha value is -1.13. The van der Waals surface area contributed by atoms with Crippen LogP contribution in [0.5, 0.6) is 0 Å². The van der Waals surface area contributed by atoms with Gasteiger partial charge in [0.1, 0.15) is 13.2 Å². The van der Waals surface area contributed by atoms with Crippen LogP contribution in [0.25, 0.3) is 0 Å². The molecule has 0 aliphatic carbocycles. The average Bonchev–Trinajstić information content (AvgIpc) is 2.33. The van der Waals surface area contributed by atoms with Crippen molar-refractivity contribution in [3.05, 3.63) is 11.8 Å². The molecule has 0 aromatic rings. The second-order valence-electron chi connectivity index (χ2n) is 4.50. The maximum Gasteiger partial charge on any atom is 0.411 e. The van der Waals surface area contributed by atoms with Crippen LogP contribution in [0, 0.1) is 0 Å². The first-order chi connectivity index (χ1) is 9.43. The van der Waals surface area contributed by atoms with E-state index in [1.165, 1.54) is 6.08 Å². The highest BCUT2D eigenvalue weighted by molar-refractivity contribution is 5.70. The van der Waals surface area contributed by atoms with Crippen LogP contribution in [0.4, 0.5) is 26.3 Å². The average molecular weight is 320 g/mol. The molecule has 122 valence electrons. The van der Waals surface area contributed by atoms with Crippen LogP contribution in [0.15, 0.2) is 16.8 Å². The number of aliphatic imine (C=N–C) groups is 1. The Morgan fingerprint density at radius 2 is 1.67 bits per heavy atom. The van der Waals surface area contributed by atoms with Gasteiger partial charge in [-0.2, -0.15) is 26.3 Å². The zero-order valence-corrected chi connectivity index (χ0v) is 11.0. The molecular formula is C11H14F6N2O2. The lowest BCUT2D eigenvalue weighted by atomic mass is 10.1. The lowest BCUT2D eigenvalue weighted by Crippen LogP contribution is -2.44. The summed E-state index contributed by atoms with van der Waals surface area (Å²) in [5.74, 6) is -2.20. The molecule has 1 aliphatic heterocycles. The quantitative estimate of drug-likeness (QED) is 0.626. The number of ether oxygens (including phenoxy) is 2. The predicted octanol–water partition coefficient (Wildman–Crippen LogP) is 2.55. The molecule has 10 heteroatoms. The Bertz CT molecular complexity index is 396. The van der Waals surface area contributed by atoms with Crippen molar-refractivity contribution in [3.8, 4) is 0 Å². The number of hydrogen-bond acceptors (Lipinski definition) is 4. The Morgan fingerprint density at radius 3 is 1.95 bits per heavy atom. The van der Waals surface area contributed by atoms with Crippen molar-refractivity contribution in [1.29, 1.82) is 0 Å². The Kier molecular flexibility index (Phi) is 5.40. The van der Waals surface area contributed by atoms with E-state index in [1.54, 1.807) is 6.92 Å². The minimum Gasteiger partial charge on any atom is -0.335 e. The zero-order valence-electron chi connectivity index (χ0n) is 11.0. The zero-order chi connectivity index (χ0) is 16.3. The Balaban J connectivity index is 2.80. The maximum atomic E-state index is 12.2. The molecule has 21 heavy (non-hydrogen) atoms. The summed E-state index contributed by atoms with van der Waals surface area (Å²) in [4.78, 5) is 3.71. The van der Waals surface area contributed by atoms with Gasteiger partial charge in [0, 0.05) is 12.5 Å². The number of rotatable bonds is 5. The first-order valence-corrected chi connectivity index (χ1v) is 5.85. The van der Waals surface area contributed by atoms with Gasteiger partial charge in [-0.1, -0.05) is 6.08 Å². The minimum atomic E-state index is -4.70. The SMILES string of the molecule is C[C@@H](N)C1=CCC(OCC(F)(F)F)(OCC(F)(F)F)C=N1. The summed E-state index contributed by atoms with van der Waals surface area (Å²) in [6.45, 7) is -1.93. The molecule has 0 bridgehead atoms. The minimum absolute atomic E-state index is 0.330. The van der Waals surface area contributed by atoms with Crippen LogP contribution >= 0.6 is 0 Å². The van der Waals surface area contributed by atoms with E-state index in [4.69, 9.17) is 5.73 Å². The molecule has 4 nitrogen and oxygen atoms in total. The first kappa shape index (κ1) is 17.9. The molecule has 1 atom stereocenters. The molecule has 0 unspecified atom stereocenters. The van der Waals surface area contributed by atoms with E-state index in [0.717, 1.165) is 6.21 Å². The number of alkyl halides is 6. The van der Waals surface area contributed by atoms with E-state index in [1.807, 2.05) is 0 Å². The van der Waals surface area contributed by atoms with E-state index in [0.29, 0.717) is 5.70 Å². The van der Waals surface area contributed by atoms with Gasteiger partial charge in [-0.15, -0.1) is 0 Å². The van der Waals surface area contributed by atoms with Gasteiger partial charge in [0.2, 0.25) is 5.79 Å². The van der Waals surface area contributed by atoms with Crippen LogP contribution < -0.4 is 5.73 Å². The maximum absolute atomic E-state index is 12.2. The van der Waals surface area contributed by atoms with E-state index in [-0.39, 0.29) is 6.42 Å². The second-order valence-corrected chi connectivity index (χ2v) is 4.50. The molecule has 0 aromatic heterocycles. The van der Waals surface area contributed by atoms with Crippen LogP contribution in [-0.2, 0) is 9.47 Å². The van der Waals surface area contributed by atoms with Gasteiger partial charge in [-0.05, 0) is 6.92 Å². The Morgan fingerprint density at radius 1 is 1.19 bits per heavy atom. The van der Waals surface area contributed by atoms with Gasteiger partial charge in [0.05, 0.1) is 11.9 Å².